The van der Waals surface area contributed by atoms with Crippen LogP contribution in [0.3, 0.4) is 0 Å². The van der Waals surface area contributed by atoms with Crippen molar-refractivity contribution in [2.75, 3.05) is 25.6 Å². The van der Waals surface area contributed by atoms with Crippen LogP contribution in [-0.2, 0) is 17.5 Å². The van der Waals surface area contributed by atoms with Crippen molar-refractivity contribution in [3.63, 3.8) is 0 Å². The molecule has 1 aromatic heterocycles. The number of hydrogen-bond acceptors (Lipinski definition) is 4. The first-order chi connectivity index (χ1) is 16.2. The van der Waals surface area contributed by atoms with Crippen molar-refractivity contribution in [1.29, 1.82) is 0 Å². The Morgan fingerprint density at radius 2 is 1.85 bits per heavy atom. The minimum Gasteiger partial charge on any atom is -0.385 e. The highest BCUT2D eigenvalue weighted by Crippen LogP contribution is 2.30. The van der Waals surface area contributed by atoms with Crippen LogP contribution < -0.4 is 10.9 Å². The third-order valence-corrected chi connectivity index (χ3v) is 5.52. The van der Waals surface area contributed by atoms with Crippen LogP contribution in [0.2, 0.25) is 0 Å². The zero-order valence-electron chi connectivity index (χ0n) is 19.2. The summed E-state index contributed by atoms with van der Waals surface area (Å²) in [4.78, 5) is 32.4. The molecule has 0 bridgehead atoms. The number of urea groups is 1. The summed E-state index contributed by atoms with van der Waals surface area (Å²) < 4.78 is 45.2. The smallest absolute Gasteiger partial charge is 0.385 e. The Labute approximate surface area is 195 Å². The van der Waals surface area contributed by atoms with Crippen LogP contribution in [0.15, 0.2) is 53.3 Å². The van der Waals surface area contributed by atoms with Gasteiger partial charge in [-0.15, -0.1) is 0 Å². The number of benzene rings is 2. The van der Waals surface area contributed by atoms with Gasteiger partial charge in [0.05, 0.1) is 22.5 Å². The number of amides is 2. The number of anilines is 1. The van der Waals surface area contributed by atoms with E-state index in [1.54, 1.807) is 38.3 Å². The number of carbonyl (C=O) groups excluding carboxylic acids is 1. The number of fused-ring (bicyclic) bond motifs is 1. The molecule has 2 aromatic carbocycles. The summed E-state index contributed by atoms with van der Waals surface area (Å²) in [7, 11) is 1.55. The number of hydrogen-bond donors (Lipinski definition) is 1. The second-order valence-electron chi connectivity index (χ2n) is 7.76. The fraction of sp³-hybridized carbons (Fsp3) is 0.375. The molecule has 1 heterocycles. The largest absolute Gasteiger partial charge is 0.416 e. The van der Waals surface area contributed by atoms with Gasteiger partial charge in [-0.25, -0.2) is 9.78 Å². The van der Waals surface area contributed by atoms with Gasteiger partial charge in [0, 0.05) is 32.5 Å². The first-order valence-corrected chi connectivity index (χ1v) is 10.9. The summed E-state index contributed by atoms with van der Waals surface area (Å²) in [5, 5.41) is 3.14. The van der Waals surface area contributed by atoms with E-state index >= 15 is 0 Å². The molecule has 0 aliphatic rings. The number of aromatic nitrogens is 2. The average molecular weight is 476 g/mol. The molecule has 0 saturated carbocycles. The van der Waals surface area contributed by atoms with Gasteiger partial charge in [-0.1, -0.05) is 12.1 Å². The van der Waals surface area contributed by atoms with Crippen molar-refractivity contribution >= 4 is 22.6 Å². The van der Waals surface area contributed by atoms with Crippen molar-refractivity contribution < 1.29 is 22.7 Å². The van der Waals surface area contributed by atoms with Crippen molar-refractivity contribution in [2.45, 2.75) is 39.0 Å². The van der Waals surface area contributed by atoms with E-state index < -0.39 is 23.8 Å². The Morgan fingerprint density at radius 1 is 1.18 bits per heavy atom. The van der Waals surface area contributed by atoms with Gasteiger partial charge in [-0.05, 0) is 56.7 Å². The van der Waals surface area contributed by atoms with Crippen LogP contribution in [0.4, 0.5) is 23.7 Å². The van der Waals surface area contributed by atoms with E-state index in [1.165, 1.54) is 21.6 Å². The summed E-state index contributed by atoms with van der Waals surface area (Å²) >= 11 is 0. The molecular formula is C24H27F3N4O3. The zero-order chi connectivity index (χ0) is 24.9. The molecule has 0 saturated heterocycles. The predicted octanol–water partition coefficient (Wildman–Crippen LogP) is 5.07. The van der Waals surface area contributed by atoms with Gasteiger partial charge < -0.3 is 15.0 Å². The lowest BCUT2D eigenvalue weighted by Gasteiger charge is -2.30. The summed E-state index contributed by atoms with van der Waals surface area (Å²) in [6, 6.07) is 10.1. The lowest BCUT2D eigenvalue weighted by Crippen LogP contribution is -2.41. The van der Waals surface area contributed by atoms with Crippen molar-refractivity contribution in [1.82, 2.24) is 14.5 Å². The number of carbonyl (C=O) groups is 1. The number of para-hydroxylation sites is 1. The Kier molecular flexibility index (Phi) is 7.93. The minimum absolute atomic E-state index is 0.199. The molecule has 7 nitrogen and oxygen atoms in total. The third-order valence-electron chi connectivity index (χ3n) is 5.52. The molecule has 1 unspecified atom stereocenters. The van der Waals surface area contributed by atoms with E-state index in [0.717, 1.165) is 12.1 Å². The number of methoxy groups -OCH3 is 1. The van der Waals surface area contributed by atoms with Gasteiger partial charge in [-0.2, -0.15) is 13.2 Å². The van der Waals surface area contributed by atoms with E-state index in [1.807, 2.05) is 6.92 Å². The van der Waals surface area contributed by atoms with Crippen LogP contribution in [0.5, 0.6) is 0 Å². The monoisotopic (exact) mass is 476 g/mol. The van der Waals surface area contributed by atoms with Crippen LogP contribution >= 0.6 is 0 Å². The SMILES string of the molecule is CCn1c(C(C)N(CCCOC)C(=O)Nc2ccc(C(F)(F)F)cc2)nc2ccccc2c1=O. The highest BCUT2D eigenvalue weighted by Gasteiger charge is 2.30. The van der Waals surface area contributed by atoms with Crippen LogP contribution in [-0.4, -0.2) is 40.7 Å². The lowest BCUT2D eigenvalue weighted by atomic mass is 10.2. The van der Waals surface area contributed by atoms with Crippen LogP contribution in [0.25, 0.3) is 10.9 Å². The number of ether oxygens (including phenoxy) is 1. The molecule has 1 N–H and O–H groups in total. The van der Waals surface area contributed by atoms with Gasteiger partial charge in [-0.3, -0.25) is 9.36 Å². The van der Waals surface area contributed by atoms with Gasteiger partial charge in [0.15, 0.2) is 0 Å². The van der Waals surface area contributed by atoms with E-state index in [-0.39, 0.29) is 17.8 Å². The van der Waals surface area contributed by atoms with Crippen LogP contribution in [0.1, 0.15) is 37.7 Å². The quantitative estimate of drug-likeness (QED) is 0.461. The molecule has 1 atom stereocenters. The number of nitrogens with one attached hydrogen (secondary N) is 1. The van der Waals surface area contributed by atoms with Gasteiger partial charge in [0.2, 0.25) is 0 Å². The van der Waals surface area contributed by atoms with Gasteiger partial charge in [0.25, 0.3) is 5.56 Å². The average Bonchev–Trinajstić information content (AvgIpc) is 2.81. The molecule has 0 aliphatic carbocycles. The molecule has 0 fully saturated rings. The van der Waals surface area contributed by atoms with Gasteiger partial charge >= 0.3 is 12.2 Å². The summed E-state index contributed by atoms with van der Waals surface area (Å²) in [5.41, 5.74) is -0.251. The number of halogens is 3. The van der Waals surface area contributed by atoms with Gasteiger partial charge in [0.1, 0.15) is 5.82 Å². The number of alkyl halides is 3. The van der Waals surface area contributed by atoms with Crippen molar-refractivity contribution in [3.8, 4) is 0 Å². The van der Waals surface area contributed by atoms with Crippen molar-refractivity contribution in [2.24, 2.45) is 0 Å². The Morgan fingerprint density at radius 3 is 2.47 bits per heavy atom. The van der Waals surface area contributed by atoms with E-state index in [2.05, 4.69) is 10.3 Å². The second kappa shape index (κ2) is 10.7. The predicted molar refractivity (Wildman–Crippen MR) is 124 cm³/mol. The topological polar surface area (TPSA) is 76.5 Å². The maximum absolute atomic E-state index is 13.2. The second-order valence-corrected chi connectivity index (χ2v) is 7.76. The Bertz CT molecular complexity index is 1190. The first-order valence-electron chi connectivity index (χ1n) is 10.9. The fourth-order valence-corrected chi connectivity index (χ4v) is 3.74. The van der Waals surface area contributed by atoms with E-state index in [9.17, 15) is 22.8 Å². The maximum atomic E-state index is 13.2. The normalized spacial score (nSPS) is 12.5. The lowest BCUT2D eigenvalue weighted by molar-refractivity contribution is -0.137. The molecule has 0 radical (unpaired) electrons. The summed E-state index contributed by atoms with van der Waals surface area (Å²) in [5.74, 6) is 0.422. The minimum atomic E-state index is -4.46. The Balaban J connectivity index is 1.94. The zero-order valence-corrected chi connectivity index (χ0v) is 19.2. The number of rotatable bonds is 8. The molecule has 34 heavy (non-hydrogen) atoms. The maximum Gasteiger partial charge on any atom is 0.416 e. The fourth-order valence-electron chi connectivity index (χ4n) is 3.74. The number of nitrogens with zero attached hydrogens (tertiary/aromatic N) is 3. The molecule has 0 spiro atoms. The highest BCUT2D eigenvalue weighted by molar-refractivity contribution is 5.89. The first kappa shape index (κ1) is 25.2. The molecule has 3 rings (SSSR count). The standard InChI is InChI=1S/C24H27F3N4O3/c1-4-30-21(29-20-9-6-5-8-19(20)22(30)32)16(2)31(14-7-15-34-3)23(33)28-18-12-10-17(11-13-18)24(25,26)27/h5-6,8-13,16H,4,7,14-15H2,1-3H3,(H,28,33). The highest BCUT2D eigenvalue weighted by atomic mass is 19.4. The molecule has 10 heteroatoms. The molecule has 2 amide bonds. The molecule has 182 valence electrons. The molecular weight excluding hydrogens is 449 g/mol. The third kappa shape index (κ3) is 5.56. The Hall–Kier alpha value is -3.40. The summed E-state index contributed by atoms with van der Waals surface area (Å²) in [6.45, 7) is 4.65. The van der Waals surface area contributed by atoms with E-state index in [0.29, 0.717) is 36.3 Å². The van der Waals surface area contributed by atoms with Crippen LogP contribution in [0, 0.1) is 0 Å². The molecule has 3 aromatic rings. The molecule has 0 aliphatic heterocycles. The van der Waals surface area contributed by atoms with Crippen molar-refractivity contribution in [3.05, 3.63) is 70.3 Å². The summed E-state index contributed by atoms with van der Waals surface area (Å²) in [6.07, 6.45) is -3.94. The van der Waals surface area contributed by atoms with E-state index in [4.69, 9.17) is 4.74 Å².